The summed E-state index contributed by atoms with van der Waals surface area (Å²) in [6.07, 6.45) is 2.82. The molecule has 242 valence electrons. The highest BCUT2D eigenvalue weighted by Crippen LogP contribution is 2.43. The second-order valence-electron chi connectivity index (χ2n) is 12.3. The van der Waals surface area contributed by atoms with Crippen LogP contribution in [0.3, 0.4) is 0 Å². The van der Waals surface area contributed by atoms with Crippen molar-refractivity contribution in [1.29, 1.82) is 0 Å². The predicted octanol–water partition coefficient (Wildman–Crippen LogP) is 10.3. The molecule has 1 aliphatic rings. The first kappa shape index (κ1) is 30.8. The first-order valence-electron chi connectivity index (χ1n) is 17.0. The van der Waals surface area contributed by atoms with Gasteiger partial charge in [-0.3, -0.25) is 9.13 Å². The molecule has 5 aromatic carbocycles. The molecule has 0 amide bonds. The van der Waals surface area contributed by atoms with Gasteiger partial charge in [0.05, 0.1) is 29.4 Å². The summed E-state index contributed by atoms with van der Waals surface area (Å²) in [6.45, 7) is 1.46. The molecule has 1 fully saturated rings. The lowest BCUT2D eigenvalue weighted by Crippen LogP contribution is -2.21. The largest absolute Gasteiger partial charge is 0.358 e. The smallest absolute Gasteiger partial charge is 0.179 e. The zero-order chi connectivity index (χ0) is 32.8. The molecule has 6 heteroatoms. The third-order valence-electron chi connectivity index (χ3n) is 9.04. The Morgan fingerprint density at radius 1 is 0.551 bits per heavy atom. The number of benzene rings is 5. The van der Waals surface area contributed by atoms with Gasteiger partial charge < -0.3 is 9.47 Å². The number of nitrogens with zero attached hydrogens (tertiary/aromatic N) is 4. The summed E-state index contributed by atoms with van der Waals surface area (Å²) in [5.74, 6) is 1.49. The summed E-state index contributed by atoms with van der Waals surface area (Å²) >= 11 is 0. The molecule has 8 rings (SSSR count). The monoisotopic (exact) mass is 642 g/mol. The fraction of sp³-hybridized carbons (Fsp3) is 0.163. The minimum Gasteiger partial charge on any atom is -0.358 e. The van der Waals surface area contributed by atoms with Gasteiger partial charge in [-0.15, -0.1) is 0 Å². The third kappa shape index (κ3) is 6.36. The first-order valence-corrected chi connectivity index (χ1v) is 17.0. The van der Waals surface area contributed by atoms with E-state index in [4.69, 9.17) is 19.4 Å². The minimum absolute atomic E-state index is 0.195. The number of aromatic nitrogens is 4. The number of rotatable bonds is 10. The molecule has 1 saturated heterocycles. The van der Waals surface area contributed by atoms with E-state index in [0.717, 1.165) is 81.5 Å². The summed E-state index contributed by atoms with van der Waals surface area (Å²) in [4.78, 5) is 11.0. The van der Waals surface area contributed by atoms with Gasteiger partial charge in [0.15, 0.2) is 11.6 Å². The van der Waals surface area contributed by atoms with E-state index in [1.54, 1.807) is 0 Å². The van der Waals surface area contributed by atoms with Crippen molar-refractivity contribution < 1.29 is 9.47 Å². The molecule has 0 saturated carbocycles. The van der Waals surface area contributed by atoms with Crippen LogP contribution in [0.15, 0.2) is 152 Å². The van der Waals surface area contributed by atoms with Gasteiger partial charge in [0.1, 0.15) is 13.0 Å². The van der Waals surface area contributed by atoms with Crippen molar-refractivity contribution in [3.63, 3.8) is 0 Å². The van der Waals surface area contributed by atoms with Gasteiger partial charge in [0, 0.05) is 28.9 Å². The Balaban J connectivity index is 1.40. The second kappa shape index (κ2) is 14.3. The van der Waals surface area contributed by atoms with Crippen LogP contribution < -0.4 is 0 Å². The van der Waals surface area contributed by atoms with E-state index < -0.39 is 0 Å². The first-order chi connectivity index (χ1) is 24.3. The molecule has 1 atom stereocenters. The molecule has 3 heterocycles. The van der Waals surface area contributed by atoms with Crippen molar-refractivity contribution in [2.24, 2.45) is 0 Å². The number of ether oxygens (including phenoxy) is 2. The second-order valence-corrected chi connectivity index (χ2v) is 12.3. The summed E-state index contributed by atoms with van der Waals surface area (Å²) in [5, 5.41) is 0. The van der Waals surface area contributed by atoms with E-state index in [9.17, 15) is 0 Å². The summed E-state index contributed by atoms with van der Waals surface area (Å²) in [7, 11) is 0. The Morgan fingerprint density at radius 2 is 1.04 bits per heavy atom. The molecule has 0 aliphatic carbocycles. The maximum atomic E-state index is 6.58. The van der Waals surface area contributed by atoms with Gasteiger partial charge in [-0.2, -0.15) is 0 Å². The summed E-state index contributed by atoms with van der Waals surface area (Å²) < 4.78 is 17.6. The molecule has 0 N–H and O–H groups in total. The van der Waals surface area contributed by atoms with E-state index in [1.807, 2.05) is 36.4 Å². The minimum atomic E-state index is -0.195. The highest BCUT2D eigenvalue weighted by Gasteiger charge is 2.32. The van der Waals surface area contributed by atoms with Crippen molar-refractivity contribution in [3.8, 4) is 56.7 Å². The van der Waals surface area contributed by atoms with E-state index in [-0.39, 0.29) is 13.0 Å². The highest BCUT2D eigenvalue weighted by molar-refractivity contribution is 5.85. The Bertz CT molecular complexity index is 2100. The molecular weight excluding hydrogens is 604 g/mol. The van der Waals surface area contributed by atoms with Gasteiger partial charge in [-0.05, 0) is 24.8 Å². The summed E-state index contributed by atoms with van der Waals surface area (Å²) in [5.41, 5.74) is 9.12. The predicted molar refractivity (Wildman–Crippen MR) is 195 cm³/mol. The fourth-order valence-corrected chi connectivity index (χ4v) is 6.73. The van der Waals surface area contributed by atoms with Gasteiger partial charge in [-0.25, -0.2) is 9.97 Å². The lowest BCUT2D eigenvalue weighted by Gasteiger charge is -2.27. The van der Waals surface area contributed by atoms with Crippen molar-refractivity contribution >= 4 is 0 Å². The molecule has 49 heavy (non-hydrogen) atoms. The number of imidazole rings is 2. The van der Waals surface area contributed by atoms with E-state index in [1.165, 1.54) is 0 Å². The van der Waals surface area contributed by atoms with Crippen LogP contribution in [0, 0.1) is 0 Å². The average Bonchev–Trinajstić information content (AvgIpc) is 3.77. The zero-order valence-corrected chi connectivity index (χ0v) is 27.4. The Kier molecular flexibility index (Phi) is 8.96. The molecule has 1 aliphatic heterocycles. The van der Waals surface area contributed by atoms with Crippen LogP contribution in [0.5, 0.6) is 0 Å². The molecule has 7 aromatic rings. The van der Waals surface area contributed by atoms with Crippen LogP contribution in [0.2, 0.25) is 0 Å². The van der Waals surface area contributed by atoms with Crippen LogP contribution in [-0.2, 0) is 22.8 Å². The molecular formula is C43H38N4O2. The molecule has 6 nitrogen and oxygen atoms in total. The SMILES string of the molecule is c1ccc(COCn2c(-c3nc(-c4ccccc4)c(-c4ccccc4)n3C3CCCCO3)nc(-c3ccccc3)c2-c2ccccc2)cc1. The quantitative estimate of drug-likeness (QED) is 0.149. The third-order valence-corrected chi connectivity index (χ3v) is 9.04. The van der Waals surface area contributed by atoms with Crippen LogP contribution in [0.1, 0.15) is 31.1 Å². The topological polar surface area (TPSA) is 54.1 Å². The van der Waals surface area contributed by atoms with Gasteiger partial charge in [0.25, 0.3) is 0 Å². The number of hydrogen-bond donors (Lipinski definition) is 0. The zero-order valence-electron chi connectivity index (χ0n) is 27.4. The van der Waals surface area contributed by atoms with Crippen LogP contribution in [0.4, 0.5) is 0 Å². The molecule has 2 aromatic heterocycles. The molecule has 0 bridgehead atoms. The molecule has 0 spiro atoms. The molecule has 0 radical (unpaired) electrons. The lowest BCUT2D eigenvalue weighted by molar-refractivity contribution is -0.0301. The van der Waals surface area contributed by atoms with E-state index >= 15 is 0 Å². The molecule has 1 unspecified atom stereocenters. The average molecular weight is 643 g/mol. The maximum Gasteiger partial charge on any atom is 0.179 e. The van der Waals surface area contributed by atoms with Crippen molar-refractivity contribution in [2.75, 3.05) is 6.61 Å². The Hall–Kier alpha value is -5.56. The van der Waals surface area contributed by atoms with Crippen LogP contribution >= 0.6 is 0 Å². The fourth-order valence-electron chi connectivity index (χ4n) is 6.73. The van der Waals surface area contributed by atoms with Crippen LogP contribution in [-0.4, -0.2) is 25.7 Å². The van der Waals surface area contributed by atoms with Gasteiger partial charge in [-0.1, -0.05) is 152 Å². The summed E-state index contributed by atoms with van der Waals surface area (Å²) in [6, 6.07) is 52.2. The Morgan fingerprint density at radius 3 is 1.59 bits per heavy atom. The lowest BCUT2D eigenvalue weighted by atomic mass is 10.0. The highest BCUT2D eigenvalue weighted by atomic mass is 16.5. The standard InChI is InChI=1S/C43H38N4O2/c1-6-18-32(19-7-1)30-48-31-46-40(35-24-12-4-13-25-35)38(33-20-8-2-9-21-33)44-42(46)43-45-39(34-22-10-3-11-23-34)41(36-26-14-5-15-27-36)47(43)37-28-16-17-29-49-37/h1-15,18-27,37H,16-17,28-31H2. The normalized spacial score (nSPS) is 14.6. The van der Waals surface area contributed by atoms with Crippen LogP contribution in [0.25, 0.3) is 56.7 Å². The maximum absolute atomic E-state index is 6.58. The van der Waals surface area contributed by atoms with Crippen molar-refractivity contribution in [3.05, 3.63) is 157 Å². The van der Waals surface area contributed by atoms with E-state index in [0.29, 0.717) is 13.2 Å². The Labute approximate surface area is 287 Å². The van der Waals surface area contributed by atoms with Gasteiger partial charge >= 0.3 is 0 Å². The van der Waals surface area contributed by atoms with Gasteiger partial charge in [0.2, 0.25) is 0 Å². The van der Waals surface area contributed by atoms with Crippen molar-refractivity contribution in [1.82, 2.24) is 19.1 Å². The van der Waals surface area contributed by atoms with E-state index in [2.05, 4.69) is 124 Å². The number of hydrogen-bond acceptors (Lipinski definition) is 4. The van der Waals surface area contributed by atoms with Crippen molar-refractivity contribution in [2.45, 2.75) is 38.8 Å².